The lowest BCUT2D eigenvalue weighted by atomic mass is 10.4. The molecule has 6 heteroatoms. The van der Waals surface area contributed by atoms with Gasteiger partial charge in [-0.2, -0.15) is 0 Å². The molecule has 0 unspecified atom stereocenters. The van der Waals surface area contributed by atoms with Crippen LogP contribution in [-0.2, 0) is 0 Å². The molecule has 0 amide bonds. The summed E-state index contributed by atoms with van der Waals surface area (Å²) in [5, 5.41) is 3.05. The van der Waals surface area contributed by atoms with Gasteiger partial charge < -0.3 is 5.32 Å². The number of anilines is 1. The second-order valence-corrected chi connectivity index (χ2v) is 5.14. The molecule has 0 aliphatic rings. The van der Waals surface area contributed by atoms with Gasteiger partial charge in [0.1, 0.15) is 10.3 Å². The number of nitrogens with one attached hydrogen (secondary N) is 1. The van der Waals surface area contributed by atoms with Crippen LogP contribution in [-0.4, -0.2) is 11.5 Å². The second kappa shape index (κ2) is 5.95. The molecule has 0 saturated heterocycles. The minimum absolute atomic E-state index is 0.241. The van der Waals surface area contributed by atoms with Gasteiger partial charge >= 0.3 is 0 Å². The average Bonchev–Trinajstić information content (AvgIpc) is 2.08. The molecule has 0 spiro atoms. The van der Waals surface area contributed by atoms with Gasteiger partial charge in [-0.1, -0.05) is 23.2 Å². The zero-order chi connectivity index (χ0) is 10.6. The summed E-state index contributed by atoms with van der Waals surface area (Å²) in [6, 6.07) is 1.90. The maximum absolute atomic E-state index is 5.46. The lowest BCUT2D eigenvalue weighted by Crippen LogP contribution is -2.01. The number of pyridine rings is 1. The van der Waals surface area contributed by atoms with Crippen LogP contribution in [0.5, 0.6) is 0 Å². The molecule has 0 atom stereocenters. The van der Waals surface area contributed by atoms with Crippen LogP contribution in [0, 0.1) is 0 Å². The van der Waals surface area contributed by atoms with Crippen molar-refractivity contribution in [3.8, 4) is 0 Å². The van der Waals surface area contributed by atoms with Crippen LogP contribution in [0.2, 0.25) is 0 Å². The van der Waals surface area contributed by atoms with Crippen LogP contribution in [0.4, 0.5) is 5.82 Å². The monoisotopic (exact) mass is 358 g/mol. The van der Waals surface area contributed by atoms with E-state index in [1.807, 2.05) is 6.07 Å². The van der Waals surface area contributed by atoms with E-state index in [-0.39, 0.29) is 4.49 Å². The predicted molar refractivity (Wildman–Crippen MR) is 67.9 cm³/mol. The van der Waals surface area contributed by atoms with E-state index < -0.39 is 0 Å². The molecule has 0 radical (unpaired) electrons. The van der Waals surface area contributed by atoms with E-state index >= 15 is 0 Å². The number of halogens is 4. The number of hydrogen-bond acceptors (Lipinski definition) is 2. The van der Waals surface area contributed by atoms with Crippen LogP contribution in [0.3, 0.4) is 0 Å². The lowest BCUT2D eigenvalue weighted by Gasteiger charge is -2.04. The highest BCUT2D eigenvalue weighted by atomic mass is 79.9. The molecule has 1 heterocycles. The van der Waals surface area contributed by atoms with Crippen LogP contribution < -0.4 is 5.32 Å². The van der Waals surface area contributed by atoms with Crippen molar-refractivity contribution in [1.29, 1.82) is 0 Å². The van der Waals surface area contributed by atoms with Crippen LogP contribution in [0.15, 0.2) is 31.8 Å². The Morgan fingerprint density at radius 2 is 2.21 bits per heavy atom. The summed E-state index contributed by atoms with van der Waals surface area (Å²) in [6.07, 6.45) is 3.36. The third-order valence-electron chi connectivity index (χ3n) is 1.33. The molecule has 0 saturated carbocycles. The molecule has 14 heavy (non-hydrogen) atoms. The van der Waals surface area contributed by atoms with Crippen LogP contribution >= 0.6 is 55.1 Å². The van der Waals surface area contributed by atoms with E-state index in [0.717, 1.165) is 14.8 Å². The first-order chi connectivity index (χ1) is 6.59. The van der Waals surface area contributed by atoms with Gasteiger partial charge in [-0.25, -0.2) is 4.98 Å². The molecule has 1 aromatic heterocycles. The topological polar surface area (TPSA) is 24.9 Å². The SMILES string of the molecule is ClC(Cl)=CCNc1ncc(Br)cc1Br. The minimum atomic E-state index is 0.241. The molecule has 2 nitrogen and oxygen atoms in total. The highest BCUT2D eigenvalue weighted by Crippen LogP contribution is 2.23. The highest BCUT2D eigenvalue weighted by Gasteiger charge is 1.99. The normalized spacial score (nSPS) is 9.71. The minimum Gasteiger partial charge on any atom is -0.366 e. The van der Waals surface area contributed by atoms with Crippen molar-refractivity contribution in [2.45, 2.75) is 0 Å². The van der Waals surface area contributed by atoms with Gasteiger partial charge in [-0.3, -0.25) is 0 Å². The Morgan fingerprint density at radius 1 is 1.50 bits per heavy atom. The summed E-state index contributed by atoms with van der Waals surface area (Å²) in [6.45, 7) is 0.537. The summed E-state index contributed by atoms with van der Waals surface area (Å²) in [5.41, 5.74) is 0. The van der Waals surface area contributed by atoms with E-state index in [9.17, 15) is 0 Å². The number of rotatable bonds is 3. The number of aromatic nitrogens is 1. The summed E-state index contributed by atoms with van der Waals surface area (Å²) in [5.74, 6) is 0.749. The fourth-order valence-electron chi connectivity index (χ4n) is 0.770. The molecule has 0 aromatic carbocycles. The Hall–Kier alpha value is 0.230. The Bertz CT molecular complexity index is 351. The van der Waals surface area contributed by atoms with Gasteiger partial charge in [-0.15, -0.1) is 0 Å². The van der Waals surface area contributed by atoms with Crippen molar-refractivity contribution in [2.24, 2.45) is 0 Å². The average molecular weight is 361 g/mol. The molecule has 1 rings (SSSR count). The van der Waals surface area contributed by atoms with Gasteiger partial charge in [0.2, 0.25) is 0 Å². The van der Waals surface area contributed by atoms with E-state index in [1.165, 1.54) is 0 Å². The van der Waals surface area contributed by atoms with Crippen molar-refractivity contribution >= 4 is 60.9 Å². The maximum Gasteiger partial charge on any atom is 0.140 e. The van der Waals surface area contributed by atoms with Gasteiger partial charge in [0.15, 0.2) is 0 Å². The van der Waals surface area contributed by atoms with E-state index in [4.69, 9.17) is 23.2 Å². The van der Waals surface area contributed by atoms with Crippen molar-refractivity contribution in [1.82, 2.24) is 4.98 Å². The second-order valence-electron chi connectivity index (χ2n) is 2.36. The van der Waals surface area contributed by atoms with Gasteiger partial charge in [0.05, 0.1) is 4.47 Å². The molecular formula is C8H6Br2Cl2N2. The smallest absolute Gasteiger partial charge is 0.140 e. The standard InChI is InChI=1S/C8H6Br2Cl2N2/c9-5-3-6(10)8(14-4-5)13-2-1-7(11)12/h1,3-4H,2H2,(H,13,14). The van der Waals surface area contributed by atoms with E-state index in [0.29, 0.717) is 6.54 Å². The fourth-order valence-corrected chi connectivity index (χ4v) is 2.05. The lowest BCUT2D eigenvalue weighted by molar-refractivity contribution is 1.21. The highest BCUT2D eigenvalue weighted by molar-refractivity contribution is 9.11. The largest absolute Gasteiger partial charge is 0.366 e. The first-order valence-corrected chi connectivity index (χ1v) is 6.00. The van der Waals surface area contributed by atoms with Crippen molar-refractivity contribution in [3.05, 3.63) is 31.8 Å². The first kappa shape index (κ1) is 12.3. The molecule has 0 fully saturated rings. The molecule has 76 valence electrons. The Morgan fingerprint density at radius 3 is 2.79 bits per heavy atom. The van der Waals surface area contributed by atoms with Gasteiger partial charge in [0.25, 0.3) is 0 Å². The molecule has 0 aliphatic heterocycles. The number of nitrogens with zero attached hydrogens (tertiary/aromatic N) is 1. The molecular weight excluding hydrogens is 355 g/mol. The first-order valence-electron chi connectivity index (χ1n) is 3.65. The van der Waals surface area contributed by atoms with Crippen LogP contribution in [0.25, 0.3) is 0 Å². The third-order valence-corrected chi connectivity index (χ3v) is 2.68. The summed E-state index contributed by atoms with van der Waals surface area (Å²) in [7, 11) is 0. The Balaban J connectivity index is 2.64. The van der Waals surface area contributed by atoms with Gasteiger partial charge in [0, 0.05) is 17.2 Å². The molecule has 0 aliphatic carbocycles. The zero-order valence-corrected chi connectivity index (χ0v) is 11.6. The summed E-state index contributed by atoms with van der Waals surface area (Å²) in [4.78, 5) is 4.15. The van der Waals surface area contributed by atoms with Crippen molar-refractivity contribution in [2.75, 3.05) is 11.9 Å². The summed E-state index contributed by atoms with van der Waals surface area (Å²) < 4.78 is 2.04. The molecule has 0 bridgehead atoms. The quantitative estimate of drug-likeness (QED) is 0.867. The van der Waals surface area contributed by atoms with Gasteiger partial charge in [-0.05, 0) is 44.0 Å². The van der Waals surface area contributed by atoms with E-state index in [1.54, 1.807) is 12.3 Å². The third kappa shape index (κ3) is 4.17. The Labute approximate surface area is 109 Å². The fraction of sp³-hybridized carbons (Fsp3) is 0.125. The molecule has 1 N–H and O–H groups in total. The zero-order valence-electron chi connectivity index (χ0n) is 6.90. The Kier molecular flexibility index (Phi) is 5.23. The summed E-state index contributed by atoms with van der Waals surface area (Å²) >= 11 is 17.6. The van der Waals surface area contributed by atoms with Crippen LogP contribution in [0.1, 0.15) is 0 Å². The predicted octanol–water partition coefficient (Wildman–Crippen LogP) is 4.34. The van der Waals surface area contributed by atoms with E-state index in [2.05, 4.69) is 42.2 Å². The van der Waals surface area contributed by atoms with Crippen molar-refractivity contribution in [3.63, 3.8) is 0 Å². The number of hydrogen-bond donors (Lipinski definition) is 1. The van der Waals surface area contributed by atoms with Crippen molar-refractivity contribution < 1.29 is 0 Å². The maximum atomic E-state index is 5.46. The molecule has 1 aromatic rings.